The topological polar surface area (TPSA) is 38.1 Å². The standard InChI is InChI=1S/C18H30N2OS2/c1-5-6-12-22-13-15-8-7-9-17(2,3)18(15,21)14-23-16-19-10-11-20(16)4/h10-11,13,21H,5-9,12,14H2,1-4H3/b15-13+. The highest BCUT2D eigenvalue weighted by Gasteiger charge is 2.48. The fourth-order valence-electron chi connectivity index (χ4n) is 3.06. The molecule has 23 heavy (non-hydrogen) atoms. The minimum Gasteiger partial charge on any atom is -0.384 e. The molecule has 5 heteroatoms. The molecule has 1 heterocycles. The van der Waals surface area contributed by atoms with Crippen LogP contribution in [0.5, 0.6) is 0 Å². The van der Waals surface area contributed by atoms with Gasteiger partial charge in [-0.15, -0.1) is 11.8 Å². The number of rotatable bonds is 7. The van der Waals surface area contributed by atoms with E-state index in [1.165, 1.54) is 24.8 Å². The van der Waals surface area contributed by atoms with Crippen LogP contribution in [0.3, 0.4) is 0 Å². The number of thioether (sulfide) groups is 2. The van der Waals surface area contributed by atoms with E-state index in [9.17, 15) is 5.11 Å². The first-order valence-electron chi connectivity index (χ1n) is 8.54. The third kappa shape index (κ3) is 4.37. The van der Waals surface area contributed by atoms with Gasteiger partial charge in [0.15, 0.2) is 5.16 Å². The van der Waals surface area contributed by atoms with Crippen molar-refractivity contribution >= 4 is 23.5 Å². The second-order valence-corrected chi connectivity index (χ2v) is 8.99. The van der Waals surface area contributed by atoms with Crippen LogP contribution in [0, 0.1) is 5.41 Å². The highest BCUT2D eigenvalue weighted by molar-refractivity contribution is 8.02. The van der Waals surface area contributed by atoms with Crippen LogP contribution < -0.4 is 0 Å². The lowest BCUT2D eigenvalue weighted by atomic mass is 9.64. The van der Waals surface area contributed by atoms with E-state index in [0.717, 1.165) is 23.8 Å². The van der Waals surface area contributed by atoms with Gasteiger partial charge in [-0.25, -0.2) is 4.98 Å². The fraction of sp³-hybridized carbons (Fsp3) is 0.722. The third-order valence-corrected chi connectivity index (χ3v) is 7.12. The molecule has 0 bridgehead atoms. The van der Waals surface area contributed by atoms with Crippen LogP contribution in [0.1, 0.15) is 52.9 Å². The van der Waals surface area contributed by atoms with Gasteiger partial charge in [0.2, 0.25) is 0 Å². The van der Waals surface area contributed by atoms with Crippen LogP contribution in [0.2, 0.25) is 0 Å². The molecule has 1 fully saturated rings. The molecule has 1 N–H and O–H groups in total. The molecule has 1 unspecified atom stereocenters. The molecular formula is C18H30N2OS2. The largest absolute Gasteiger partial charge is 0.384 e. The summed E-state index contributed by atoms with van der Waals surface area (Å²) in [7, 11) is 2.00. The number of imidazole rings is 1. The Hall–Kier alpha value is -0.390. The molecule has 0 radical (unpaired) electrons. The predicted molar refractivity (Wildman–Crippen MR) is 102 cm³/mol. The van der Waals surface area contributed by atoms with Crippen molar-refractivity contribution in [2.45, 2.75) is 63.6 Å². The zero-order valence-electron chi connectivity index (χ0n) is 14.8. The molecule has 0 aromatic carbocycles. The van der Waals surface area contributed by atoms with Crippen molar-refractivity contribution in [2.75, 3.05) is 11.5 Å². The van der Waals surface area contributed by atoms with Crippen LogP contribution >= 0.6 is 23.5 Å². The van der Waals surface area contributed by atoms with Gasteiger partial charge in [-0.2, -0.15) is 0 Å². The average molecular weight is 355 g/mol. The zero-order valence-corrected chi connectivity index (χ0v) is 16.5. The Morgan fingerprint density at radius 3 is 2.87 bits per heavy atom. The lowest BCUT2D eigenvalue weighted by molar-refractivity contribution is -0.0358. The molecule has 1 aliphatic carbocycles. The van der Waals surface area contributed by atoms with E-state index in [1.54, 1.807) is 11.8 Å². The number of hydrogen-bond donors (Lipinski definition) is 1. The lowest BCUT2D eigenvalue weighted by Crippen LogP contribution is -2.51. The minimum atomic E-state index is -0.749. The molecule has 0 aliphatic heterocycles. The van der Waals surface area contributed by atoms with Crippen molar-refractivity contribution < 1.29 is 5.11 Å². The second kappa shape index (κ2) is 8.13. The van der Waals surface area contributed by atoms with E-state index < -0.39 is 5.60 Å². The summed E-state index contributed by atoms with van der Waals surface area (Å²) < 4.78 is 2.02. The Morgan fingerprint density at radius 2 is 2.22 bits per heavy atom. The first-order valence-corrected chi connectivity index (χ1v) is 10.6. The normalized spacial score (nSPS) is 25.9. The third-order valence-electron chi connectivity index (χ3n) is 4.93. The van der Waals surface area contributed by atoms with Crippen molar-refractivity contribution in [1.29, 1.82) is 0 Å². The lowest BCUT2D eigenvalue weighted by Gasteiger charge is -2.48. The summed E-state index contributed by atoms with van der Waals surface area (Å²) in [5.74, 6) is 1.81. The van der Waals surface area contributed by atoms with Crippen LogP contribution in [-0.2, 0) is 7.05 Å². The van der Waals surface area contributed by atoms with E-state index in [1.807, 2.05) is 35.8 Å². The zero-order chi connectivity index (χ0) is 16.9. The Balaban J connectivity index is 2.14. The molecule has 0 saturated heterocycles. The van der Waals surface area contributed by atoms with Crippen molar-refractivity contribution in [3.63, 3.8) is 0 Å². The van der Waals surface area contributed by atoms with Gasteiger partial charge in [0, 0.05) is 25.2 Å². The van der Waals surface area contributed by atoms with Crippen molar-refractivity contribution in [3.05, 3.63) is 23.4 Å². The van der Waals surface area contributed by atoms with Crippen LogP contribution in [0.4, 0.5) is 0 Å². The Bertz CT molecular complexity index is 539. The number of aliphatic hydroxyl groups is 1. The van der Waals surface area contributed by atoms with E-state index in [4.69, 9.17) is 0 Å². The molecule has 130 valence electrons. The molecule has 1 aromatic rings. The van der Waals surface area contributed by atoms with Gasteiger partial charge in [0.05, 0.1) is 0 Å². The summed E-state index contributed by atoms with van der Waals surface area (Å²) in [6, 6.07) is 0. The average Bonchev–Trinajstić information content (AvgIpc) is 2.91. The van der Waals surface area contributed by atoms with Crippen LogP contribution in [0.25, 0.3) is 0 Å². The summed E-state index contributed by atoms with van der Waals surface area (Å²) in [5.41, 5.74) is 0.373. The molecule has 0 amide bonds. The number of unbranched alkanes of at least 4 members (excludes halogenated alkanes) is 1. The van der Waals surface area contributed by atoms with Crippen LogP contribution in [-0.4, -0.2) is 31.8 Å². The van der Waals surface area contributed by atoms with Gasteiger partial charge in [0.1, 0.15) is 5.60 Å². The molecule has 3 nitrogen and oxygen atoms in total. The molecule has 1 saturated carbocycles. The van der Waals surface area contributed by atoms with Gasteiger partial charge >= 0.3 is 0 Å². The van der Waals surface area contributed by atoms with Crippen molar-refractivity contribution in [3.8, 4) is 0 Å². The molecular weight excluding hydrogens is 324 g/mol. The maximum Gasteiger partial charge on any atom is 0.167 e. The molecule has 1 aromatic heterocycles. The summed E-state index contributed by atoms with van der Waals surface area (Å²) >= 11 is 3.52. The minimum absolute atomic E-state index is 0.0967. The number of aromatic nitrogens is 2. The van der Waals surface area contributed by atoms with Crippen molar-refractivity contribution in [2.24, 2.45) is 12.5 Å². The SMILES string of the molecule is CCCCS/C=C1\CCCC(C)(C)C1(O)CSc1nccn1C. The molecule has 2 rings (SSSR count). The maximum atomic E-state index is 11.6. The van der Waals surface area contributed by atoms with Gasteiger partial charge in [0.25, 0.3) is 0 Å². The van der Waals surface area contributed by atoms with Gasteiger partial charge < -0.3 is 9.67 Å². The highest BCUT2D eigenvalue weighted by Crippen LogP contribution is 2.49. The molecule has 0 spiro atoms. The molecule has 1 atom stereocenters. The van der Waals surface area contributed by atoms with Gasteiger partial charge in [-0.3, -0.25) is 0 Å². The van der Waals surface area contributed by atoms with Crippen LogP contribution in [0.15, 0.2) is 28.5 Å². The summed E-state index contributed by atoms with van der Waals surface area (Å²) in [5, 5.41) is 14.8. The first kappa shape index (κ1) is 18.9. The second-order valence-electron chi connectivity index (χ2n) is 7.07. The van der Waals surface area contributed by atoms with E-state index in [2.05, 4.69) is 31.2 Å². The number of hydrogen-bond acceptors (Lipinski definition) is 4. The molecule has 1 aliphatic rings. The van der Waals surface area contributed by atoms with E-state index in [-0.39, 0.29) is 5.41 Å². The Morgan fingerprint density at radius 1 is 1.43 bits per heavy atom. The summed E-state index contributed by atoms with van der Waals surface area (Å²) in [6.07, 6.45) is 9.48. The smallest absolute Gasteiger partial charge is 0.167 e. The first-order chi connectivity index (χ1) is 10.9. The van der Waals surface area contributed by atoms with E-state index >= 15 is 0 Å². The summed E-state index contributed by atoms with van der Waals surface area (Å²) in [4.78, 5) is 4.38. The quantitative estimate of drug-likeness (QED) is 0.560. The fourth-order valence-corrected chi connectivity index (χ4v) is 5.46. The van der Waals surface area contributed by atoms with E-state index in [0.29, 0.717) is 5.75 Å². The predicted octanol–water partition coefficient (Wildman–Crippen LogP) is 4.87. The monoisotopic (exact) mass is 354 g/mol. The van der Waals surface area contributed by atoms with Gasteiger partial charge in [-0.1, -0.05) is 39.0 Å². The Kier molecular flexibility index (Phi) is 6.69. The highest BCUT2D eigenvalue weighted by atomic mass is 32.2. The van der Waals surface area contributed by atoms with Crippen molar-refractivity contribution in [1.82, 2.24) is 9.55 Å². The summed E-state index contributed by atoms with van der Waals surface area (Å²) in [6.45, 7) is 6.63. The Labute approximate surface area is 149 Å². The number of nitrogens with zero attached hydrogens (tertiary/aromatic N) is 2. The van der Waals surface area contributed by atoms with Gasteiger partial charge in [-0.05, 0) is 47.8 Å². The maximum absolute atomic E-state index is 11.6. The number of aryl methyl sites for hydroxylation is 1.